The Balaban J connectivity index is 1.70. The molecule has 40 heavy (non-hydrogen) atoms. The van der Waals surface area contributed by atoms with E-state index < -0.39 is 23.4 Å². The van der Waals surface area contributed by atoms with Gasteiger partial charge in [-0.15, -0.1) is 0 Å². The van der Waals surface area contributed by atoms with Crippen molar-refractivity contribution in [2.75, 3.05) is 0 Å². The third-order valence-corrected chi connectivity index (χ3v) is 7.58. The lowest BCUT2D eigenvalue weighted by molar-refractivity contribution is -0.137. The largest absolute Gasteiger partial charge is 0.416 e. The molecule has 7 aromatic rings. The lowest BCUT2D eigenvalue weighted by Gasteiger charge is -2.20. The molecule has 0 spiro atoms. The number of hydrogen-bond donors (Lipinski definition) is 0. The Bertz CT molecular complexity index is 2120. The highest BCUT2D eigenvalue weighted by Crippen LogP contribution is 2.47. The Morgan fingerprint density at radius 2 is 0.975 bits per heavy atom. The zero-order chi connectivity index (χ0) is 27.6. The van der Waals surface area contributed by atoms with Crippen molar-refractivity contribution in [2.24, 2.45) is 0 Å². The van der Waals surface area contributed by atoms with Gasteiger partial charge in [-0.05, 0) is 95.7 Å². The van der Waals surface area contributed by atoms with E-state index in [0.717, 1.165) is 56.8 Å². The van der Waals surface area contributed by atoms with Crippen LogP contribution in [0.4, 0.5) is 22.0 Å². The molecule has 0 nitrogen and oxygen atoms in total. The Hall–Kier alpha value is -4.77. The maximum Gasteiger partial charge on any atom is 0.416 e. The molecule has 5 heteroatoms. The summed E-state index contributed by atoms with van der Waals surface area (Å²) in [5.41, 5.74) is 1.41. The average molecular weight is 535 g/mol. The maximum absolute atomic E-state index is 14.9. The molecule has 0 atom stereocenters. The lowest BCUT2D eigenvalue weighted by Crippen LogP contribution is -2.04. The van der Waals surface area contributed by atoms with Crippen LogP contribution in [0.5, 0.6) is 0 Å². The number of halogens is 5. The van der Waals surface area contributed by atoms with E-state index in [2.05, 4.69) is 0 Å². The molecule has 7 rings (SSSR count). The smallest absolute Gasteiger partial charge is 0.204 e. The van der Waals surface area contributed by atoms with E-state index in [4.69, 9.17) is 0 Å². The van der Waals surface area contributed by atoms with Gasteiger partial charge >= 0.3 is 6.18 Å². The van der Waals surface area contributed by atoms with Crippen LogP contribution in [0.2, 0.25) is 0 Å². The lowest BCUT2D eigenvalue weighted by atomic mass is 9.83. The van der Waals surface area contributed by atoms with Crippen LogP contribution in [-0.4, -0.2) is 0 Å². The van der Waals surface area contributed by atoms with E-state index in [-0.39, 0.29) is 5.56 Å². The van der Waals surface area contributed by atoms with Crippen LogP contribution in [0.3, 0.4) is 0 Å². The maximum atomic E-state index is 14.9. The molecule has 0 amide bonds. The quantitative estimate of drug-likeness (QED) is 0.118. The van der Waals surface area contributed by atoms with Crippen LogP contribution in [0, 0.1) is 11.6 Å². The first-order valence-electron chi connectivity index (χ1n) is 12.7. The molecule has 0 aliphatic heterocycles. The second-order valence-corrected chi connectivity index (χ2v) is 9.88. The second kappa shape index (κ2) is 8.88. The molecule has 0 unspecified atom stereocenters. The molecule has 0 aromatic heterocycles. The topological polar surface area (TPSA) is 0 Å². The summed E-state index contributed by atoms with van der Waals surface area (Å²) in [6.45, 7) is 0. The molecule has 0 fully saturated rings. The van der Waals surface area contributed by atoms with Gasteiger partial charge in [0.05, 0.1) is 5.56 Å². The van der Waals surface area contributed by atoms with Gasteiger partial charge in [0.15, 0.2) is 11.6 Å². The van der Waals surface area contributed by atoms with E-state index in [0.29, 0.717) is 27.3 Å². The van der Waals surface area contributed by atoms with E-state index in [9.17, 15) is 22.0 Å². The molecule has 0 aliphatic rings. The van der Waals surface area contributed by atoms with Gasteiger partial charge in [-0.3, -0.25) is 0 Å². The van der Waals surface area contributed by atoms with Crippen LogP contribution in [0.15, 0.2) is 115 Å². The minimum Gasteiger partial charge on any atom is -0.204 e. The first-order valence-corrected chi connectivity index (χ1v) is 12.7. The molecule has 0 bridgehead atoms. The van der Waals surface area contributed by atoms with Crippen molar-refractivity contribution in [1.82, 2.24) is 0 Å². The summed E-state index contributed by atoms with van der Waals surface area (Å²) < 4.78 is 70.8. The highest BCUT2D eigenvalue weighted by atomic mass is 19.4. The van der Waals surface area contributed by atoms with Crippen molar-refractivity contribution in [2.45, 2.75) is 6.18 Å². The van der Waals surface area contributed by atoms with E-state index in [1.165, 1.54) is 6.07 Å². The number of rotatable bonds is 2. The normalized spacial score (nSPS) is 12.1. The number of hydrogen-bond acceptors (Lipinski definition) is 0. The van der Waals surface area contributed by atoms with Crippen molar-refractivity contribution in [3.8, 4) is 22.3 Å². The number of alkyl halides is 3. The Morgan fingerprint density at radius 1 is 0.425 bits per heavy atom. The van der Waals surface area contributed by atoms with Crippen LogP contribution in [-0.2, 0) is 6.18 Å². The van der Waals surface area contributed by atoms with Gasteiger partial charge in [-0.2, -0.15) is 13.2 Å². The molecule has 194 valence electrons. The van der Waals surface area contributed by atoms with Crippen molar-refractivity contribution in [1.29, 1.82) is 0 Å². The van der Waals surface area contributed by atoms with Crippen molar-refractivity contribution < 1.29 is 22.0 Å². The molecule has 0 radical (unpaired) electrons. The van der Waals surface area contributed by atoms with Gasteiger partial charge in [0.2, 0.25) is 0 Å². The standard InChI is InChI=1S/C35H19F5/c36-31-18-29-30(19-32(31)37)34(28-17-20-8-1-2-11-23(20)24-12-3-4-13-25(24)28)27-15-6-5-14-26(27)33(29)21-9-7-10-22(16-21)35(38,39)40/h1-19H. The first kappa shape index (κ1) is 24.3. The summed E-state index contributed by atoms with van der Waals surface area (Å²) in [5, 5.41) is 6.13. The van der Waals surface area contributed by atoms with Crippen LogP contribution >= 0.6 is 0 Å². The minimum absolute atomic E-state index is 0.275. The SMILES string of the molecule is Fc1cc2c(-c3cccc(C(F)(F)F)c3)c3ccccc3c(-c3cc4ccccc4c4ccccc34)c2cc1F. The third kappa shape index (κ3) is 3.73. The molecule has 0 saturated heterocycles. The summed E-state index contributed by atoms with van der Waals surface area (Å²) >= 11 is 0. The number of benzene rings is 7. The highest BCUT2D eigenvalue weighted by molar-refractivity contribution is 6.25. The van der Waals surface area contributed by atoms with Crippen LogP contribution in [0.25, 0.3) is 65.3 Å². The highest BCUT2D eigenvalue weighted by Gasteiger charge is 2.31. The summed E-state index contributed by atoms with van der Waals surface area (Å²) in [6.07, 6.45) is -4.55. The monoisotopic (exact) mass is 534 g/mol. The zero-order valence-corrected chi connectivity index (χ0v) is 20.9. The van der Waals surface area contributed by atoms with Gasteiger partial charge in [-0.25, -0.2) is 8.78 Å². The van der Waals surface area contributed by atoms with E-state index in [1.54, 1.807) is 12.1 Å². The Labute approximate surface area is 225 Å². The molecule has 7 aromatic carbocycles. The molecular formula is C35H19F5. The molecule has 0 N–H and O–H groups in total. The molecular weight excluding hydrogens is 515 g/mol. The fraction of sp³-hybridized carbons (Fsp3) is 0.0286. The average Bonchev–Trinajstić information content (AvgIpc) is 2.96. The fourth-order valence-electron chi connectivity index (χ4n) is 5.88. The predicted molar refractivity (Wildman–Crippen MR) is 152 cm³/mol. The second-order valence-electron chi connectivity index (χ2n) is 9.88. The van der Waals surface area contributed by atoms with Crippen molar-refractivity contribution in [3.05, 3.63) is 132 Å². The van der Waals surface area contributed by atoms with Crippen molar-refractivity contribution in [3.63, 3.8) is 0 Å². The van der Waals surface area contributed by atoms with E-state index in [1.807, 2.05) is 72.8 Å². The third-order valence-electron chi connectivity index (χ3n) is 7.58. The van der Waals surface area contributed by atoms with E-state index >= 15 is 0 Å². The van der Waals surface area contributed by atoms with Crippen LogP contribution in [0.1, 0.15) is 5.56 Å². The predicted octanol–water partition coefficient (Wildman–Crippen LogP) is 10.9. The van der Waals surface area contributed by atoms with Gasteiger partial charge < -0.3 is 0 Å². The Kier molecular flexibility index (Phi) is 5.39. The first-order chi connectivity index (χ1) is 19.3. The van der Waals surface area contributed by atoms with Gasteiger partial charge in [0, 0.05) is 0 Å². The summed E-state index contributed by atoms with van der Waals surface area (Å²) in [7, 11) is 0. The zero-order valence-electron chi connectivity index (χ0n) is 20.9. The number of fused-ring (bicyclic) bond motifs is 5. The van der Waals surface area contributed by atoms with Crippen LogP contribution < -0.4 is 0 Å². The fourth-order valence-corrected chi connectivity index (χ4v) is 5.88. The van der Waals surface area contributed by atoms with Gasteiger partial charge in [0.25, 0.3) is 0 Å². The van der Waals surface area contributed by atoms with Gasteiger partial charge in [-0.1, -0.05) is 84.9 Å². The molecule has 0 heterocycles. The summed E-state index contributed by atoms with van der Waals surface area (Å²) in [6, 6.07) is 32.5. The Morgan fingerprint density at radius 3 is 1.65 bits per heavy atom. The minimum atomic E-state index is -4.55. The van der Waals surface area contributed by atoms with Crippen molar-refractivity contribution >= 4 is 43.1 Å². The summed E-state index contributed by atoms with van der Waals surface area (Å²) in [5.74, 6) is -2.09. The molecule has 0 aliphatic carbocycles. The molecule has 0 saturated carbocycles. The van der Waals surface area contributed by atoms with Gasteiger partial charge in [0.1, 0.15) is 0 Å². The summed E-state index contributed by atoms with van der Waals surface area (Å²) in [4.78, 5) is 0.